The molecule has 176 valence electrons. The van der Waals surface area contributed by atoms with E-state index >= 15 is 0 Å². The van der Waals surface area contributed by atoms with Gasteiger partial charge in [0.05, 0.1) is 13.2 Å². The Morgan fingerprint density at radius 3 is 2.49 bits per heavy atom. The molecule has 4 aromatic rings. The van der Waals surface area contributed by atoms with Crippen molar-refractivity contribution in [3.63, 3.8) is 0 Å². The molecule has 2 heterocycles. The molecule has 1 aromatic heterocycles. The maximum Gasteiger partial charge on any atom is 0.252 e. The Morgan fingerprint density at radius 1 is 1.00 bits per heavy atom. The first-order valence-corrected chi connectivity index (χ1v) is 11.2. The minimum atomic E-state index is -0.999. The third-order valence-corrected chi connectivity index (χ3v) is 6.27. The van der Waals surface area contributed by atoms with Gasteiger partial charge in [0.2, 0.25) is 0 Å². The van der Waals surface area contributed by atoms with Gasteiger partial charge in [-0.25, -0.2) is 8.78 Å². The summed E-state index contributed by atoms with van der Waals surface area (Å²) in [6.45, 7) is 0.131. The van der Waals surface area contributed by atoms with Gasteiger partial charge in [0.25, 0.3) is 5.91 Å². The van der Waals surface area contributed by atoms with Crippen LogP contribution in [0.25, 0.3) is 11.1 Å². The zero-order valence-electron chi connectivity index (χ0n) is 18.7. The number of pyridine rings is 1. The van der Waals surface area contributed by atoms with Gasteiger partial charge in [-0.2, -0.15) is 0 Å². The number of nitrogens with one attached hydrogen (secondary N) is 1. The summed E-state index contributed by atoms with van der Waals surface area (Å²) >= 11 is 0. The number of hydrogen-bond donors (Lipinski definition) is 2. The van der Waals surface area contributed by atoms with Crippen molar-refractivity contribution < 1.29 is 23.4 Å². The summed E-state index contributed by atoms with van der Waals surface area (Å²) in [5.74, 6) is -0.633. The Bertz CT molecular complexity index is 1370. The molecule has 0 bridgehead atoms. The molecule has 1 aliphatic rings. The molecule has 5 rings (SSSR count). The number of aliphatic hydroxyl groups excluding tert-OH is 1. The second-order valence-corrected chi connectivity index (χ2v) is 8.35. The van der Waals surface area contributed by atoms with E-state index in [1.54, 1.807) is 24.4 Å². The van der Waals surface area contributed by atoms with Crippen molar-refractivity contribution in [2.45, 2.75) is 18.6 Å². The molecule has 0 radical (unpaired) electrons. The first-order valence-electron chi connectivity index (χ1n) is 11.2. The smallest absolute Gasteiger partial charge is 0.252 e. The van der Waals surface area contributed by atoms with Crippen LogP contribution < -0.4 is 10.1 Å². The molecule has 0 aliphatic carbocycles. The topological polar surface area (TPSA) is 71.5 Å². The molecule has 3 aromatic carbocycles. The zero-order valence-corrected chi connectivity index (χ0v) is 18.7. The molecule has 0 spiro atoms. The van der Waals surface area contributed by atoms with E-state index < -0.39 is 17.2 Å². The average Bonchev–Trinajstić information content (AvgIpc) is 2.89. The van der Waals surface area contributed by atoms with Crippen LogP contribution in [0.15, 0.2) is 85.1 Å². The third kappa shape index (κ3) is 4.26. The number of halogens is 2. The van der Waals surface area contributed by atoms with E-state index in [1.165, 1.54) is 36.4 Å². The van der Waals surface area contributed by atoms with E-state index in [0.29, 0.717) is 41.2 Å². The van der Waals surface area contributed by atoms with Gasteiger partial charge < -0.3 is 15.2 Å². The van der Waals surface area contributed by atoms with Gasteiger partial charge in [-0.15, -0.1) is 0 Å². The van der Waals surface area contributed by atoms with Crippen LogP contribution >= 0.6 is 0 Å². The fourth-order valence-electron chi connectivity index (χ4n) is 4.49. The number of hydrogen-bond acceptors (Lipinski definition) is 4. The largest absolute Gasteiger partial charge is 0.491 e. The van der Waals surface area contributed by atoms with Crippen molar-refractivity contribution in [3.8, 4) is 16.9 Å². The van der Waals surface area contributed by atoms with Crippen LogP contribution in [-0.2, 0) is 12.1 Å². The number of carbonyl (C=O) groups is 1. The first-order chi connectivity index (χ1) is 17.0. The van der Waals surface area contributed by atoms with Crippen LogP contribution in [0.2, 0.25) is 0 Å². The van der Waals surface area contributed by atoms with Crippen LogP contribution in [0.4, 0.5) is 8.78 Å². The second-order valence-electron chi connectivity index (χ2n) is 8.35. The minimum Gasteiger partial charge on any atom is -0.491 e. The number of nitrogens with zero attached hydrogens (tertiary/aromatic N) is 1. The van der Waals surface area contributed by atoms with Crippen molar-refractivity contribution in [2.75, 3.05) is 6.61 Å². The van der Waals surface area contributed by atoms with E-state index in [0.717, 1.165) is 11.1 Å². The lowest BCUT2D eigenvalue weighted by molar-refractivity contribution is 0.0883. The number of amides is 1. The summed E-state index contributed by atoms with van der Waals surface area (Å²) in [6.07, 6.45) is 2.06. The van der Waals surface area contributed by atoms with E-state index in [-0.39, 0.29) is 12.5 Å². The van der Waals surface area contributed by atoms with Crippen molar-refractivity contribution in [1.29, 1.82) is 0 Å². The highest BCUT2D eigenvalue weighted by Crippen LogP contribution is 2.41. The van der Waals surface area contributed by atoms with Gasteiger partial charge in [0.15, 0.2) is 0 Å². The van der Waals surface area contributed by atoms with E-state index in [9.17, 15) is 18.7 Å². The van der Waals surface area contributed by atoms with E-state index in [4.69, 9.17) is 4.74 Å². The minimum absolute atomic E-state index is 0.219. The van der Waals surface area contributed by atoms with Gasteiger partial charge >= 0.3 is 0 Å². The summed E-state index contributed by atoms with van der Waals surface area (Å²) in [5.41, 5.74) is 2.58. The molecular weight excluding hydrogens is 450 g/mol. The predicted molar refractivity (Wildman–Crippen MR) is 127 cm³/mol. The Balaban J connectivity index is 1.59. The predicted octanol–water partition coefficient (Wildman–Crippen LogP) is 4.98. The van der Waals surface area contributed by atoms with Gasteiger partial charge in [0.1, 0.15) is 28.6 Å². The van der Waals surface area contributed by atoms with Crippen LogP contribution in [0.3, 0.4) is 0 Å². The molecule has 0 saturated carbocycles. The molecule has 1 amide bonds. The van der Waals surface area contributed by atoms with Crippen LogP contribution in [0.5, 0.6) is 5.75 Å². The van der Waals surface area contributed by atoms with Gasteiger partial charge in [-0.1, -0.05) is 30.3 Å². The fourth-order valence-corrected chi connectivity index (χ4v) is 4.49. The Labute approximate surface area is 201 Å². The molecule has 2 N–H and O–H groups in total. The number of benzene rings is 3. The molecule has 1 atom stereocenters. The maximum absolute atomic E-state index is 13.9. The number of ether oxygens (including phenoxy) is 1. The number of aliphatic hydroxyl groups is 1. The van der Waals surface area contributed by atoms with E-state index in [2.05, 4.69) is 10.3 Å². The summed E-state index contributed by atoms with van der Waals surface area (Å²) in [5, 5.41) is 12.8. The highest BCUT2D eigenvalue weighted by atomic mass is 19.1. The SMILES string of the molecule is O=C(N[C@]1(c2ccc(-c3cc(F)ccc3CO)cc2)CCOc2cccnc21)c1ccc(F)cc1. The number of fused-ring (bicyclic) bond motifs is 1. The normalized spacial score (nSPS) is 16.8. The summed E-state index contributed by atoms with van der Waals surface area (Å²) in [7, 11) is 0. The molecule has 7 heteroatoms. The molecule has 1 aliphatic heterocycles. The Hall–Kier alpha value is -4.10. The molecule has 0 fully saturated rings. The van der Waals surface area contributed by atoms with Crippen LogP contribution in [0.1, 0.15) is 33.6 Å². The van der Waals surface area contributed by atoms with E-state index in [1.807, 2.05) is 24.3 Å². The monoisotopic (exact) mass is 472 g/mol. The molecule has 5 nitrogen and oxygen atoms in total. The van der Waals surface area contributed by atoms with Crippen molar-refractivity contribution in [2.24, 2.45) is 0 Å². The quantitative estimate of drug-likeness (QED) is 0.430. The first kappa shape index (κ1) is 22.7. The lowest BCUT2D eigenvalue weighted by Gasteiger charge is -2.39. The average molecular weight is 472 g/mol. The highest BCUT2D eigenvalue weighted by Gasteiger charge is 2.42. The molecular formula is C28H22F2N2O3. The fraction of sp³-hybridized carbons (Fsp3) is 0.143. The Kier molecular flexibility index (Phi) is 6.01. The van der Waals surface area contributed by atoms with Crippen molar-refractivity contribution in [1.82, 2.24) is 10.3 Å². The maximum atomic E-state index is 13.9. The van der Waals surface area contributed by atoms with Crippen LogP contribution in [0, 0.1) is 11.6 Å². The lowest BCUT2D eigenvalue weighted by Crippen LogP contribution is -2.50. The zero-order chi connectivity index (χ0) is 24.4. The van der Waals surface area contributed by atoms with Crippen LogP contribution in [-0.4, -0.2) is 22.6 Å². The van der Waals surface area contributed by atoms with Crippen molar-refractivity contribution >= 4 is 5.91 Å². The number of aromatic nitrogens is 1. The molecule has 0 saturated heterocycles. The summed E-state index contributed by atoms with van der Waals surface area (Å²) in [6, 6.07) is 20.5. The molecule has 0 unspecified atom stereocenters. The summed E-state index contributed by atoms with van der Waals surface area (Å²) < 4.78 is 33.1. The third-order valence-electron chi connectivity index (χ3n) is 6.27. The lowest BCUT2D eigenvalue weighted by atomic mass is 9.80. The number of carbonyl (C=O) groups excluding carboxylic acids is 1. The highest BCUT2D eigenvalue weighted by molar-refractivity contribution is 5.95. The van der Waals surface area contributed by atoms with Gasteiger partial charge in [0, 0.05) is 18.2 Å². The van der Waals surface area contributed by atoms with Gasteiger partial charge in [-0.3, -0.25) is 9.78 Å². The standard InChI is InChI=1S/C28H22F2N2O3/c29-22-10-5-19(6-11-22)27(34)32-28(13-15-35-25-2-1-14-31-26(25)28)21-8-3-18(4-9-21)24-16-23(30)12-7-20(24)17-33/h1-12,14,16,33H,13,15,17H2,(H,32,34)/t28-/m0/s1. The summed E-state index contributed by atoms with van der Waals surface area (Å²) in [4.78, 5) is 17.8. The van der Waals surface area contributed by atoms with Crippen molar-refractivity contribution in [3.05, 3.63) is 119 Å². The number of rotatable bonds is 5. The second kappa shape index (κ2) is 9.27. The molecule has 35 heavy (non-hydrogen) atoms. The van der Waals surface area contributed by atoms with Gasteiger partial charge in [-0.05, 0) is 70.8 Å². The Morgan fingerprint density at radius 2 is 1.74 bits per heavy atom.